The van der Waals surface area contributed by atoms with Crippen LogP contribution in [-0.2, 0) is 6.18 Å². The van der Waals surface area contributed by atoms with Gasteiger partial charge in [-0.3, -0.25) is 9.59 Å². The lowest BCUT2D eigenvalue weighted by molar-refractivity contribution is -0.137. The lowest BCUT2D eigenvalue weighted by atomic mass is 9.93. The molecule has 0 saturated carbocycles. The molecule has 0 aliphatic heterocycles. The number of aromatic nitrogens is 2. The highest BCUT2D eigenvalue weighted by molar-refractivity contribution is 5.95. The molecule has 3 aromatic rings. The topological polar surface area (TPSA) is 72.1 Å². The first-order valence-corrected chi connectivity index (χ1v) is 9.14. The van der Waals surface area contributed by atoms with Crippen LogP contribution in [0, 0.1) is 0 Å². The molecule has 156 valence electrons. The van der Waals surface area contributed by atoms with Gasteiger partial charge in [0.15, 0.2) is 5.78 Å². The van der Waals surface area contributed by atoms with E-state index in [1.807, 2.05) is 6.07 Å². The number of halogens is 3. The molecule has 0 spiro atoms. The van der Waals surface area contributed by atoms with E-state index in [1.165, 1.54) is 13.2 Å². The number of nitrogens with one attached hydrogen (secondary N) is 1. The van der Waals surface area contributed by atoms with E-state index in [1.54, 1.807) is 31.2 Å². The third-order valence-corrected chi connectivity index (χ3v) is 4.66. The molecule has 2 aromatic carbocycles. The smallest absolute Gasteiger partial charge is 0.416 e. The van der Waals surface area contributed by atoms with Gasteiger partial charge in [-0.25, -0.2) is 4.98 Å². The van der Waals surface area contributed by atoms with Crippen molar-refractivity contribution in [2.45, 2.75) is 25.4 Å². The minimum absolute atomic E-state index is 0.00432. The Morgan fingerprint density at radius 1 is 1.13 bits per heavy atom. The molecule has 30 heavy (non-hydrogen) atoms. The Labute approximate surface area is 170 Å². The Balaban J connectivity index is 1.86. The summed E-state index contributed by atoms with van der Waals surface area (Å²) in [7, 11) is 1.28. The highest BCUT2D eigenvalue weighted by atomic mass is 19.4. The number of aromatic amines is 1. The minimum atomic E-state index is -4.49. The maximum absolute atomic E-state index is 12.9. The number of ether oxygens (including phenoxy) is 1. The summed E-state index contributed by atoms with van der Waals surface area (Å²) in [5.41, 5.74) is -0.179. The minimum Gasteiger partial charge on any atom is -0.496 e. The van der Waals surface area contributed by atoms with Gasteiger partial charge in [-0.2, -0.15) is 13.2 Å². The van der Waals surface area contributed by atoms with Gasteiger partial charge in [-0.05, 0) is 23.6 Å². The fraction of sp³-hybridized carbons (Fsp3) is 0.227. The van der Waals surface area contributed by atoms with Crippen molar-refractivity contribution in [1.82, 2.24) is 9.97 Å². The van der Waals surface area contributed by atoms with E-state index in [9.17, 15) is 22.8 Å². The number of hydrogen-bond donors (Lipinski definition) is 1. The summed E-state index contributed by atoms with van der Waals surface area (Å²) in [5.74, 6) is -0.524. The number of carbonyl (C=O) groups is 1. The van der Waals surface area contributed by atoms with Crippen molar-refractivity contribution in [2.24, 2.45) is 0 Å². The average molecular weight is 416 g/mol. The molecule has 0 radical (unpaired) electrons. The normalized spacial score (nSPS) is 12.4. The van der Waals surface area contributed by atoms with Crippen molar-refractivity contribution in [2.75, 3.05) is 7.11 Å². The Morgan fingerprint density at radius 3 is 2.47 bits per heavy atom. The van der Waals surface area contributed by atoms with Gasteiger partial charge in [0.25, 0.3) is 5.56 Å². The molecule has 0 unspecified atom stereocenters. The first-order chi connectivity index (χ1) is 14.2. The second-order valence-electron chi connectivity index (χ2n) is 6.83. The van der Waals surface area contributed by atoms with E-state index in [2.05, 4.69) is 9.97 Å². The Kier molecular flexibility index (Phi) is 6.05. The highest BCUT2D eigenvalue weighted by Gasteiger charge is 2.32. The van der Waals surface area contributed by atoms with E-state index in [0.29, 0.717) is 11.1 Å². The van der Waals surface area contributed by atoms with Gasteiger partial charge in [0.05, 0.1) is 12.7 Å². The average Bonchev–Trinajstić information content (AvgIpc) is 2.72. The van der Waals surface area contributed by atoms with Gasteiger partial charge < -0.3 is 9.72 Å². The number of benzene rings is 2. The fourth-order valence-electron chi connectivity index (χ4n) is 3.12. The molecule has 1 heterocycles. The van der Waals surface area contributed by atoms with E-state index >= 15 is 0 Å². The van der Waals surface area contributed by atoms with Gasteiger partial charge in [0, 0.05) is 18.1 Å². The first kappa shape index (κ1) is 21.3. The Bertz CT molecular complexity index is 1110. The zero-order chi connectivity index (χ0) is 21.9. The summed E-state index contributed by atoms with van der Waals surface area (Å²) in [6.45, 7) is 1.70. The summed E-state index contributed by atoms with van der Waals surface area (Å²) < 4.78 is 43.9. The molecule has 3 rings (SSSR count). The van der Waals surface area contributed by atoms with Crippen LogP contribution in [0.2, 0.25) is 0 Å². The third kappa shape index (κ3) is 4.76. The molecule has 5 nitrogen and oxygen atoms in total. The molecule has 0 bridgehead atoms. The molecule has 1 atom stereocenters. The number of hydrogen-bond acceptors (Lipinski definition) is 4. The SMILES string of the molecule is COc1cc(C(F)(F)F)ccc1[C@@H](C)CC(=O)c1cc(=O)[nH]c(-c2ccccc2)n1. The number of ketones is 1. The Morgan fingerprint density at radius 2 is 1.83 bits per heavy atom. The van der Waals surface area contributed by atoms with Crippen LogP contribution in [0.4, 0.5) is 13.2 Å². The molecule has 0 amide bonds. The van der Waals surface area contributed by atoms with Gasteiger partial charge >= 0.3 is 6.18 Å². The van der Waals surface area contributed by atoms with Gasteiger partial charge in [0.2, 0.25) is 0 Å². The molecule has 8 heteroatoms. The second kappa shape index (κ2) is 8.52. The van der Waals surface area contributed by atoms with Crippen LogP contribution < -0.4 is 10.3 Å². The van der Waals surface area contributed by atoms with Gasteiger partial charge in [0.1, 0.15) is 17.3 Å². The first-order valence-electron chi connectivity index (χ1n) is 9.14. The van der Waals surface area contributed by atoms with Crippen LogP contribution >= 0.6 is 0 Å². The molecule has 0 fully saturated rings. The summed E-state index contributed by atoms with van der Waals surface area (Å²) >= 11 is 0. The molecule has 1 aromatic heterocycles. The zero-order valence-corrected chi connectivity index (χ0v) is 16.3. The zero-order valence-electron chi connectivity index (χ0n) is 16.3. The monoisotopic (exact) mass is 416 g/mol. The van der Waals surface area contributed by atoms with Gasteiger partial charge in [-0.1, -0.05) is 43.3 Å². The molecule has 0 aliphatic rings. The molecule has 0 saturated heterocycles. The number of alkyl halides is 3. The van der Waals surface area contributed by atoms with Crippen molar-refractivity contribution in [3.63, 3.8) is 0 Å². The summed E-state index contributed by atoms with van der Waals surface area (Å²) in [5, 5.41) is 0. The largest absolute Gasteiger partial charge is 0.496 e. The quantitative estimate of drug-likeness (QED) is 0.584. The fourth-order valence-corrected chi connectivity index (χ4v) is 3.12. The van der Waals surface area contributed by atoms with Crippen LogP contribution in [0.15, 0.2) is 59.4 Å². The van der Waals surface area contributed by atoms with E-state index in [-0.39, 0.29) is 23.7 Å². The summed E-state index contributed by atoms with van der Waals surface area (Å²) in [4.78, 5) is 31.6. The number of rotatable bonds is 6. The van der Waals surface area contributed by atoms with Crippen LogP contribution in [0.1, 0.15) is 40.9 Å². The van der Waals surface area contributed by atoms with Crippen molar-refractivity contribution in [1.29, 1.82) is 0 Å². The maximum Gasteiger partial charge on any atom is 0.416 e. The predicted octanol–water partition coefficient (Wildman–Crippen LogP) is 4.84. The van der Waals surface area contributed by atoms with E-state index in [0.717, 1.165) is 18.2 Å². The van der Waals surface area contributed by atoms with Crippen molar-refractivity contribution >= 4 is 5.78 Å². The maximum atomic E-state index is 12.9. The predicted molar refractivity (Wildman–Crippen MR) is 106 cm³/mol. The van der Waals surface area contributed by atoms with Crippen LogP contribution in [0.25, 0.3) is 11.4 Å². The summed E-state index contributed by atoms with van der Waals surface area (Å²) in [6.07, 6.45) is -4.54. The van der Waals surface area contributed by atoms with Crippen molar-refractivity contribution in [3.8, 4) is 17.1 Å². The number of methoxy groups -OCH3 is 1. The second-order valence-corrected chi connectivity index (χ2v) is 6.83. The van der Waals surface area contributed by atoms with Crippen LogP contribution in [-0.4, -0.2) is 22.9 Å². The lowest BCUT2D eigenvalue weighted by Gasteiger charge is -2.17. The number of Topliss-reactive ketones (excluding diaryl/α,β-unsaturated/α-hetero) is 1. The summed E-state index contributed by atoms with van der Waals surface area (Å²) in [6, 6.07) is 13.2. The molecular weight excluding hydrogens is 397 g/mol. The molecule has 0 aliphatic carbocycles. The van der Waals surface area contributed by atoms with Crippen LogP contribution in [0.3, 0.4) is 0 Å². The van der Waals surface area contributed by atoms with Crippen molar-refractivity contribution in [3.05, 3.63) is 81.8 Å². The van der Waals surface area contributed by atoms with Crippen LogP contribution in [0.5, 0.6) is 5.75 Å². The number of H-pyrrole nitrogens is 1. The molecule has 1 N–H and O–H groups in total. The number of nitrogens with zero attached hydrogens (tertiary/aromatic N) is 1. The van der Waals surface area contributed by atoms with E-state index in [4.69, 9.17) is 4.74 Å². The highest BCUT2D eigenvalue weighted by Crippen LogP contribution is 2.36. The van der Waals surface area contributed by atoms with E-state index < -0.39 is 29.0 Å². The third-order valence-electron chi connectivity index (χ3n) is 4.66. The Hall–Kier alpha value is -3.42. The number of carbonyl (C=O) groups excluding carboxylic acids is 1. The standard InChI is InChI=1S/C22H19F3N2O3/c1-13(16-9-8-15(22(23,24)25)11-19(16)30-2)10-18(28)17-12-20(29)27-21(26-17)14-6-4-3-5-7-14/h3-9,11-13H,10H2,1-2H3,(H,26,27,29)/t13-/m0/s1. The van der Waals surface area contributed by atoms with Crippen molar-refractivity contribution < 1.29 is 22.7 Å². The lowest BCUT2D eigenvalue weighted by Crippen LogP contribution is -2.15. The van der Waals surface area contributed by atoms with Gasteiger partial charge in [-0.15, -0.1) is 0 Å². The molecular formula is C22H19F3N2O3.